The predicted molar refractivity (Wildman–Crippen MR) is 91.1 cm³/mol. The topological polar surface area (TPSA) is 38.8 Å². The molecule has 0 N–H and O–H groups in total. The average Bonchev–Trinajstić information content (AvgIpc) is 2.58. The van der Waals surface area contributed by atoms with Crippen molar-refractivity contribution in [1.82, 2.24) is 4.90 Å². The van der Waals surface area contributed by atoms with Gasteiger partial charge in [0.2, 0.25) is 5.91 Å². The van der Waals surface area contributed by atoms with Crippen LogP contribution < -0.4 is 9.47 Å². The highest BCUT2D eigenvalue weighted by Crippen LogP contribution is 2.17. The number of rotatable bonds is 8. The molecule has 2 aromatic rings. The van der Waals surface area contributed by atoms with Crippen molar-refractivity contribution < 1.29 is 23.0 Å². The van der Waals surface area contributed by atoms with Crippen molar-refractivity contribution in [3.63, 3.8) is 0 Å². The van der Waals surface area contributed by atoms with E-state index in [1.54, 1.807) is 48.3 Å². The Hall–Kier alpha value is -2.34. The van der Waals surface area contributed by atoms with Crippen LogP contribution in [0.5, 0.6) is 11.5 Å². The van der Waals surface area contributed by atoms with Crippen molar-refractivity contribution in [2.45, 2.75) is 19.6 Å². The van der Waals surface area contributed by atoms with Gasteiger partial charge in [0.05, 0.1) is 13.0 Å². The Balaban J connectivity index is 1.76. The molecule has 0 aliphatic rings. The highest BCUT2D eigenvalue weighted by atomic mass is 35.5. The molecular formula is C18H18ClF2NO3. The lowest BCUT2D eigenvalue weighted by atomic mass is 10.2. The molecule has 0 radical (unpaired) electrons. The summed E-state index contributed by atoms with van der Waals surface area (Å²) < 4.78 is 34.0. The van der Waals surface area contributed by atoms with E-state index in [9.17, 15) is 13.6 Å². The van der Waals surface area contributed by atoms with Gasteiger partial charge in [-0.05, 0) is 42.0 Å². The lowest BCUT2D eigenvalue weighted by Crippen LogP contribution is -2.27. The molecule has 0 atom stereocenters. The minimum Gasteiger partial charge on any atom is -0.493 e. The third-order valence-corrected chi connectivity index (χ3v) is 3.64. The molecule has 0 bridgehead atoms. The molecule has 7 heteroatoms. The van der Waals surface area contributed by atoms with E-state index < -0.39 is 6.61 Å². The molecule has 0 unspecified atom stereocenters. The third kappa shape index (κ3) is 6.58. The van der Waals surface area contributed by atoms with E-state index in [1.807, 2.05) is 0 Å². The quantitative estimate of drug-likeness (QED) is 0.693. The normalized spacial score (nSPS) is 10.6. The van der Waals surface area contributed by atoms with Gasteiger partial charge in [0.1, 0.15) is 11.5 Å². The van der Waals surface area contributed by atoms with Crippen molar-refractivity contribution in [2.24, 2.45) is 0 Å². The van der Waals surface area contributed by atoms with E-state index in [-0.39, 0.29) is 24.7 Å². The number of nitrogens with zero attached hydrogens (tertiary/aromatic N) is 1. The zero-order valence-electron chi connectivity index (χ0n) is 13.6. The second-order valence-corrected chi connectivity index (χ2v) is 5.76. The molecule has 0 heterocycles. The number of alkyl halides is 2. The summed E-state index contributed by atoms with van der Waals surface area (Å²) in [5, 5.41) is 0.619. The largest absolute Gasteiger partial charge is 0.493 e. The zero-order chi connectivity index (χ0) is 18.2. The molecule has 0 aliphatic carbocycles. The van der Waals surface area contributed by atoms with Gasteiger partial charge in [-0.25, -0.2) is 0 Å². The number of hydrogen-bond acceptors (Lipinski definition) is 3. The first kappa shape index (κ1) is 19.0. The van der Waals surface area contributed by atoms with Gasteiger partial charge in [-0.1, -0.05) is 23.7 Å². The summed E-state index contributed by atoms with van der Waals surface area (Å²) in [6.45, 7) is -2.23. The first-order chi connectivity index (χ1) is 11.9. The minimum absolute atomic E-state index is 0.0816. The fourth-order valence-corrected chi connectivity index (χ4v) is 2.24. The summed E-state index contributed by atoms with van der Waals surface area (Å²) >= 11 is 5.79. The maximum Gasteiger partial charge on any atom is 0.387 e. The maximum atomic E-state index is 12.1. The van der Waals surface area contributed by atoms with Gasteiger partial charge in [0.25, 0.3) is 0 Å². The van der Waals surface area contributed by atoms with Crippen LogP contribution in [0.1, 0.15) is 12.0 Å². The number of benzene rings is 2. The number of hydrogen-bond donors (Lipinski definition) is 0. The van der Waals surface area contributed by atoms with Gasteiger partial charge in [-0.3, -0.25) is 4.79 Å². The average molecular weight is 370 g/mol. The molecule has 1 amide bonds. The fourth-order valence-electron chi connectivity index (χ4n) is 2.12. The zero-order valence-corrected chi connectivity index (χ0v) is 14.4. The van der Waals surface area contributed by atoms with Crippen molar-refractivity contribution in [1.29, 1.82) is 0 Å². The van der Waals surface area contributed by atoms with E-state index in [0.29, 0.717) is 17.3 Å². The van der Waals surface area contributed by atoms with E-state index >= 15 is 0 Å². The summed E-state index contributed by atoms with van der Waals surface area (Å²) in [6.07, 6.45) is 0.228. The van der Waals surface area contributed by atoms with Gasteiger partial charge in [-0.15, -0.1) is 0 Å². The van der Waals surface area contributed by atoms with Crippen molar-refractivity contribution in [3.05, 3.63) is 59.1 Å². The first-order valence-electron chi connectivity index (χ1n) is 7.60. The second kappa shape index (κ2) is 9.22. The van der Waals surface area contributed by atoms with Crippen LogP contribution in [-0.2, 0) is 11.3 Å². The van der Waals surface area contributed by atoms with E-state index in [0.717, 1.165) is 5.56 Å². The Kier molecular flexibility index (Phi) is 7.01. The van der Waals surface area contributed by atoms with Crippen molar-refractivity contribution in [3.8, 4) is 11.5 Å². The molecule has 134 valence electrons. The van der Waals surface area contributed by atoms with E-state index in [4.69, 9.17) is 16.3 Å². The van der Waals surface area contributed by atoms with Crippen molar-refractivity contribution >= 4 is 17.5 Å². The van der Waals surface area contributed by atoms with Crippen LogP contribution in [0.25, 0.3) is 0 Å². The van der Waals surface area contributed by atoms with E-state index in [1.165, 1.54) is 12.1 Å². The molecule has 0 saturated heterocycles. The van der Waals surface area contributed by atoms with Gasteiger partial charge >= 0.3 is 6.61 Å². The lowest BCUT2D eigenvalue weighted by molar-refractivity contribution is -0.130. The number of ether oxygens (including phenoxy) is 2. The Labute approximate surface area is 149 Å². The van der Waals surface area contributed by atoms with Gasteiger partial charge in [-0.2, -0.15) is 8.78 Å². The molecule has 0 saturated carbocycles. The molecule has 25 heavy (non-hydrogen) atoms. The van der Waals surface area contributed by atoms with Crippen LogP contribution in [0.2, 0.25) is 5.02 Å². The molecule has 4 nitrogen and oxygen atoms in total. The summed E-state index contributed by atoms with van der Waals surface area (Å²) in [7, 11) is 1.67. The number of carbonyl (C=O) groups is 1. The van der Waals surface area contributed by atoms with Gasteiger partial charge in [0, 0.05) is 18.6 Å². The van der Waals surface area contributed by atoms with Crippen LogP contribution in [0.15, 0.2) is 48.5 Å². The molecule has 2 aromatic carbocycles. The summed E-state index contributed by atoms with van der Waals surface area (Å²) in [4.78, 5) is 13.7. The molecule has 0 fully saturated rings. The SMILES string of the molecule is CN(Cc1ccc(OC(F)F)cc1)C(=O)CCOc1ccc(Cl)cc1. The van der Waals surface area contributed by atoms with Crippen molar-refractivity contribution in [2.75, 3.05) is 13.7 Å². The molecular weight excluding hydrogens is 352 g/mol. The standard InChI is InChI=1S/C18H18ClF2NO3/c1-22(12-13-2-6-16(7-3-13)25-18(20)21)17(23)10-11-24-15-8-4-14(19)5-9-15/h2-9,18H,10-12H2,1H3. The first-order valence-corrected chi connectivity index (χ1v) is 7.98. The predicted octanol–water partition coefficient (Wildman–Crippen LogP) is 4.37. The molecule has 2 rings (SSSR count). The summed E-state index contributed by atoms with van der Waals surface area (Å²) in [6, 6.07) is 13.1. The van der Waals surface area contributed by atoms with Gasteiger partial charge < -0.3 is 14.4 Å². The molecule has 0 spiro atoms. The highest BCUT2D eigenvalue weighted by molar-refractivity contribution is 6.30. The summed E-state index contributed by atoms with van der Waals surface area (Å²) in [5.41, 5.74) is 0.816. The summed E-state index contributed by atoms with van der Waals surface area (Å²) in [5.74, 6) is 0.653. The van der Waals surface area contributed by atoms with E-state index in [2.05, 4.69) is 4.74 Å². The number of halogens is 3. The maximum absolute atomic E-state index is 12.1. The Morgan fingerprint density at radius 3 is 2.28 bits per heavy atom. The van der Waals surface area contributed by atoms with Crippen LogP contribution in [0.3, 0.4) is 0 Å². The highest BCUT2D eigenvalue weighted by Gasteiger charge is 2.10. The molecule has 0 aliphatic heterocycles. The number of amides is 1. The Morgan fingerprint density at radius 2 is 1.68 bits per heavy atom. The van der Waals surface area contributed by atoms with Crippen LogP contribution in [0, 0.1) is 0 Å². The molecule has 0 aromatic heterocycles. The van der Waals surface area contributed by atoms with Crippen LogP contribution in [-0.4, -0.2) is 31.1 Å². The Morgan fingerprint density at radius 1 is 1.08 bits per heavy atom. The lowest BCUT2D eigenvalue weighted by Gasteiger charge is -2.17. The fraction of sp³-hybridized carbons (Fsp3) is 0.278. The number of carbonyl (C=O) groups excluding carboxylic acids is 1. The van der Waals surface area contributed by atoms with Crippen LogP contribution in [0.4, 0.5) is 8.78 Å². The third-order valence-electron chi connectivity index (χ3n) is 3.39. The Bertz CT molecular complexity index is 678. The minimum atomic E-state index is -2.85. The van der Waals surface area contributed by atoms with Gasteiger partial charge in [0.15, 0.2) is 0 Å². The van der Waals surface area contributed by atoms with Crippen LogP contribution >= 0.6 is 11.6 Å². The second-order valence-electron chi connectivity index (χ2n) is 5.32. The monoisotopic (exact) mass is 369 g/mol. The smallest absolute Gasteiger partial charge is 0.387 e.